The minimum atomic E-state index is -0.508. The van der Waals surface area contributed by atoms with Crippen molar-refractivity contribution in [2.75, 3.05) is 20.3 Å². The van der Waals surface area contributed by atoms with Gasteiger partial charge in [-0.3, -0.25) is 9.59 Å². The van der Waals surface area contributed by atoms with Gasteiger partial charge in [0.15, 0.2) is 0 Å². The van der Waals surface area contributed by atoms with Crippen molar-refractivity contribution < 1.29 is 23.8 Å². The first-order chi connectivity index (χ1) is 11.6. The van der Waals surface area contributed by atoms with E-state index in [4.69, 9.17) is 14.2 Å². The van der Waals surface area contributed by atoms with Crippen LogP contribution in [0.5, 0.6) is 5.75 Å². The van der Waals surface area contributed by atoms with Crippen molar-refractivity contribution in [3.8, 4) is 5.75 Å². The average Bonchev–Trinajstić information content (AvgIpc) is 2.61. The molecule has 1 aliphatic rings. The standard InChI is InChI=1S/C19H24O5/c1-4-23-18(20)16-11-8-14(12-17(16)19(21)24-5-2)13-6-9-15(22-3)10-7-13/h6-10,16-17H,4-5,11-12H2,1-3H3/t16-,17-/m0/s1. The summed E-state index contributed by atoms with van der Waals surface area (Å²) in [6.07, 6.45) is 2.96. The molecule has 130 valence electrons. The highest BCUT2D eigenvalue weighted by Gasteiger charge is 2.38. The van der Waals surface area contributed by atoms with Gasteiger partial charge in [-0.05, 0) is 50.0 Å². The van der Waals surface area contributed by atoms with E-state index in [9.17, 15) is 9.59 Å². The normalized spacial score (nSPS) is 20.0. The van der Waals surface area contributed by atoms with Gasteiger partial charge < -0.3 is 14.2 Å². The van der Waals surface area contributed by atoms with Crippen LogP contribution in [0.1, 0.15) is 32.3 Å². The van der Waals surface area contributed by atoms with Gasteiger partial charge in [-0.15, -0.1) is 0 Å². The van der Waals surface area contributed by atoms with Crippen molar-refractivity contribution in [2.24, 2.45) is 11.8 Å². The molecule has 1 aromatic carbocycles. The highest BCUT2D eigenvalue weighted by atomic mass is 16.5. The third-order valence-corrected chi connectivity index (χ3v) is 4.18. The number of allylic oxidation sites excluding steroid dienone is 2. The molecule has 0 saturated heterocycles. The lowest BCUT2D eigenvalue weighted by Crippen LogP contribution is -2.34. The zero-order chi connectivity index (χ0) is 17.5. The molecule has 0 aliphatic heterocycles. The Morgan fingerprint density at radius 1 is 1.00 bits per heavy atom. The number of rotatable bonds is 6. The first-order valence-electron chi connectivity index (χ1n) is 8.27. The third kappa shape index (κ3) is 4.16. The van der Waals surface area contributed by atoms with Gasteiger partial charge in [0.05, 0.1) is 32.2 Å². The zero-order valence-electron chi connectivity index (χ0n) is 14.4. The maximum atomic E-state index is 12.3. The minimum absolute atomic E-state index is 0.298. The highest BCUT2D eigenvalue weighted by Crippen LogP contribution is 2.36. The summed E-state index contributed by atoms with van der Waals surface area (Å²) in [6.45, 7) is 4.13. The van der Waals surface area contributed by atoms with E-state index < -0.39 is 11.8 Å². The first-order valence-corrected chi connectivity index (χ1v) is 8.27. The number of carbonyl (C=O) groups is 2. The van der Waals surface area contributed by atoms with Crippen LogP contribution >= 0.6 is 0 Å². The molecule has 0 heterocycles. The molecule has 0 unspecified atom stereocenters. The van der Waals surface area contributed by atoms with Gasteiger partial charge in [0, 0.05) is 0 Å². The number of ether oxygens (including phenoxy) is 3. The Labute approximate surface area is 142 Å². The van der Waals surface area contributed by atoms with E-state index >= 15 is 0 Å². The topological polar surface area (TPSA) is 61.8 Å². The van der Waals surface area contributed by atoms with Gasteiger partial charge in [0.2, 0.25) is 0 Å². The summed E-state index contributed by atoms with van der Waals surface area (Å²) in [6, 6.07) is 7.68. The van der Waals surface area contributed by atoms with E-state index in [1.165, 1.54) is 0 Å². The molecule has 0 fully saturated rings. The fourth-order valence-electron chi connectivity index (χ4n) is 2.94. The molecule has 2 atom stereocenters. The van der Waals surface area contributed by atoms with Crippen LogP contribution in [0, 0.1) is 11.8 Å². The van der Waals surface area contributed by atoms with E-state index in [2.05, 4.69) is 0 Å². The van der Waals surface area contributed by atoms with E-state index in [1.807, 2.05) is 30.3 Å². The number of hydrogen-bond acceptors (Lipinski definition) is 5. The summed E-state index contributed by atoms with van der Waals surface area (Å²) in [5, 5.41) is 0. The summed E-state index contributed by atoms with van der Waals surface area (Å²) in [5.74, 6) is -0.881. The molecule has 2 rings (SSSR count). The van der Waals surface area contributed by atoms with Crippen molar-refractivity contribution in [3.05, 3.63) is 35.9 Å². The summed E-state index contributed by atoms with van der Waals surface area (Å²) in [4.78, 5) is 24.5. The Balaban J connectivity index is 2.23. The lowest BCUT2D eigenvalue weighted by atomic mass is 9.77. The van der Waals surface area contributed by atoms with Crippen LogP contribution in [-0.2, 0) is 19.1 Å². The number of hydrogen-bond donors (Lipinski definition) is 0. The summed E-state index contributed by atoms with van der Waals surface area (Å²) < 4.78 is 15.5. The van der Waals surface area contributed by atoms with Crippen LogP contribution in [0.25, 0.3) is 5.57 Å². The predicted octanol–water partition coefficient (Wildman–Crippen LogP) is 3.23. The fraction of sp³-hybridized carbons (Fsp3) is 0.474. The molecule has 24 heavy (non-hydrogen) atoms. The van der Waals surface area contributed by atoms with Gasteiger partial charge in [-0.25, -0.2) is 0 Å². The van der Waals surface area contributed by atoms with Crippen LogP contribution in [0.15, 0.2) is 30.3 Å². The van der Waals surface area contributed by atoms with Gasteiger partial charge in [0.1, 0.15) is 5.75 Å². The van der Waals surface area contributed by atoms with Gasteiger partial charge in [-0.2, -0.15) is 0 Å². The Morgan fingerprint density at radius 3 is 2.12 bits per heavy atom. The first kappa shape index (κ1) is 18.0. The van der Waals surface area contributed by atoms with Gasteiger partial charge in [-0.1, -0.05) is 18.2 Å². The molecule has 0 saturated carbocycles. The Hall–Kier alpha value is -2.30. The molecule has 0 radical (unpaired) electrons. The quantitative estimate of drug-likeness (QED) is 0.749. The smallest absolute Gasteiger partial charge is 0.310 e. The van der Waals surface area contributed by atoms with Crippen molar-refractivity contribution in [1.82, 2.24) is 0 Å². The second kappa shape index (κ2) is 8.52. The molecule has 0 bridgehead atoms. The molecule has 0 amide bonds. The van der Waals surface area contributed by atoms with Gasteiger partial charge in [0.25, 0.3) is 0 Å². The fourth-order valence-corrected chi connectivity index (χ4v) is 2.94. The summed E-state index contributed by atoms with van der Waals surface area (Å²) in [7, 11) is 1.62. The molecule has 0 spiro atoms. The molecule has 1 aliphatic carbocycles. The van der Waals surface area contributed by atoms with Crippen molar-refractivity contribution in [2.45, 2.75) is 26.7 Å². The maximum Gasteiger partial charge on any atom is 0.310 e. The molecule has 0 aromatic heterocycles. The maximum absolute atomic E-state index is 12.3. The Morgan fingerprint density at radius 2 is 1.58 bits per heavy atom. The zero-order valence-corrected chi connectivity index (χ0v) is 14.4. The summed E-state index contributed by atoms with van der Waals surface area (Å²) >= 11 is 0. The average molecular weight is 332 g/mol. The molecular formula is C19H24O5. The van der Waals surface area contributed by atoms with E-state index in [1.54, 1.807) is 21.0 Å². The number of esters is 2. The van der Waals surface area contributed by atoms with Crippen molar-refractivity contribution >= 4 is 17.5 Å². The van der Waals surface area contributed by atoms with Gasteiger partial charge >= 0.3 is 11.9 Å². The van der Waals surface area contributed by atoms with E-state index in [0.717, 1.165) is 16.9 Å². The number of methoxy groups -OCH3 is 1. The molecular weight excluding hydrogens is 308 g/mol. The third-order valence-electron chi connectivity index (χ3n) is 4.18. The molecule has 5 nitrogen and oxygen atoms in total. The molecule has 5 heteroatoms. The number of benzene rings is 1. The van der Waals surface area contributed by atoms with Crippen LogP contribution in [0.4, 0.5) is 0 Å². The van der Waals surface area contributed by atoms with Crippen molar-refractivity contribution in [1.29, 1.82) is 0 Å². The van der Waals surface area contributed by atoms with Crippen LogP contribution < -0.4 is 4.74 Å². The van der Waals surface area contributed by atoms with Crippen LogP contribution in [0.3, 0.4) is 0 Å². The highest BCUT2D eigenvalue weighted by molar-refractivity contribution is 5.86. The van der Waals surface area contributed by atoms with Crippen LogP contribution in [0.2, 0.25) is 0 Å². The Bertz CT molecular complexity index is 603. The lowest BCUT2D eigenvalue weighted by molar-refractivity contribution is -0.160. The lowest BCUT2D eigenvalue weighted by Gasteiger charge is -2.28. The van der Waals surface area contributed by atoms with Crippen LogP contribution in [-0.4, -0.2) is 32.3 Å². The number of carbonyl (C=O) groups excluding carboxylic acids is 2. The monoisotopic (exact) mass is 332 g/mol. The van der Waals surface area contributed by atoms with E-state index in [0.29, 0.717) is 26.1 Å². The predicted molar refractivity (Wildman–Crippen MR) is 90.5 cm³/mol. The second-order valence-electron chi connectivity index (χ2n) is 5.61. The molecule has 1 aromatic rings. The minimum Gasteiger partial charge on any atom is -0.497 e. The largest absolute Gasteiger partial charge is 0.497 e. The molecule has 0 N–H and O–H groups in total. The SMILES string of the molecule is CCOC(=O)[C@H]1CC=C(c2ccc(OC)cc2)C[C@@H]1C(=O)OCC. The Kier molecular flexibility index (Phi) is 6.41. The van der Waals surface area contributed by atoms with Crippen molar-refractivity contribution in [3.63, 3.8) is 0 Å². The summed E-state index contributed by atoms with van der Waals surface area (Å²) in [5.41, 5.74) is 2.06. The van der Waals surface area contributed by atoms with E-state index in [-0.39, 0.29) is 11.9 Å². The second-order valence-corrected chi connectivity index (χ2v) is 5.61.